The van der Waals surface area contributed by atoms with Crippen molar-refractivity contribution >= 4 is 43.4 Å². The summed E-state index contributed by atoms with van der Waals surface area (Å²) in [6.07, 6.45) is 0.0965. The maximum absolute atomic E-state index is 13.3. The number of carbonyl (C=O) groups is 2. The zero-order valence-electron chi connectivity index (χ0n) is 19.8. The molecule has 0 saturated carbocycles. The van der Waals surface area contributed by atoms with Crippen molar-refractivity contribution in [3.05, 3.63) is 90.5 Å². The van der Waals surface area contributed by atoms with Gasteiger partial charge in [0, 0.05) is 13.1 Å². The van der Waals surface area contributed by atoms with Crippen LogP contribution in [0, 0.1) is 5.92 Å². The quantitative estimate of drug-likeness (QED) is 0.370. The molecule has 1 N–H and O–H groups in total. The van der Waals surface area contributed by atoms with Crippen molar-refractivity contribution in [2.75, 3.05) is 13.1 Å². The average Bonchev–Trinajstić information content (AvgIpc) is 2.87. The Balaban J connectivity index is 1.64. The lowest BCUT2D eigenvalue weighted by Gasteiger charge is -2.25. The number of sulfonamides is 1. The number of nitrogens with zero attached hydrogens (tertiary/aromatic N) is 1. The summed E-state index contributed by atoms with van der Waals surface area (Å²) in [4.78, 5) is 28.1. The fourth-order valence-electron chi connectivity index (χ4n) is 4.25. The molecule has 0 radical (unpaired) electrons. The topological polar surface area (TPSA) is 83.6 Å². The molecule has 1 unspecified atom stereocenters. The van der Waals surface area contributed by atoms with E-state index in [1.54, 1.807) is 11.0 Å². The average molecular weight is 489 g/mol. The van der Waals surface area contributed by atoms with Crippen LogP contribution < -0.4 is 4.72 Å². The highest BCUT2D eigenvalue weighted by atomic mass is 32.2. The second-order valence-electron chi connectivity index (χ2n) is 8.43. The minimum absolute atomic E-state index is 0.0238. The highest BCUT2D eigenvalue weighted by molar-refractivity contribution is 7.90. The van der Waals surface area contributed by atoms with Crippen molar-refractivity contribution in [3.8, 4) is 0 Å². The summed E-state index contributed by atoms with van der Waals surface area (Å²) in [6.45, 7) is 4.51. The number of carbonyl (C=O) groups excluding carboxylic acids is 2. The van der Waals surface area contributed by atoms with Gasteiger partial charge in [-0.15, -0.1) is 0 Å². The third kappa shape index (κ3) is 5.35. The van der Waals surface area contributed by atoms with E-state index in [1.165, 1.54) is 12.1 Å². The van der Waals surface area contributed by atoms with Crippen LogP contribution in [0.5, 0.6) is 0 Å². The minimum Gasteiger partial charge on any atom is -0.343 e. The SMILES string of the molecule is CCN(CC)C(=O)C(Cc1ccc2ccccc2c1)C(=O)NS(=O)(=O)c1ccc2ccccc2c1. The van der Waals surface area contributed by atoms with E-state index in [2.05, 4.69) is 4.72 Å². The predicted octanol–water partition coefficient (Wildman–Crippen LogP) is 4.53. The van der Waals surface area contributed by atoms with E-state index in [4.69, 9.17) is 0 Å². The largest absolute Gasteiger partial charge is 0.343 e. The maximum Gasteiger partial charge on any atom is 0.264 e. The Hall–Kier alpha value is -3.71. The van der Waals surface area contributed by atoms with Crippen LogP contribution in [0.2, 0.25) is 0 Å². The standard InChI is InChI=1S/C28H28N2O4S/c1-3-30(4-2)28(32)26(18-20-13-14-21-9-5-7-11-23(21)17-20)27(31)29-35(33,34)25-16-15-22-10-6-8-12-24(22)19-25/h5-17,19,26H,3-4,18H2,1-2H3,(H,29,31). The third-order valence-corrected chi connectivity index (χ3v) is 7.55. The van der Waals surface area contributed by atoms with E-state index in [0.717, 1.165) is 27.1 Å². The Labute approximate surface area is 205 Å². The lowest BCUT2D eigenvalue weighted by Crippen LogP contribution is -2.46. The summed E-state index contributed by atoms with van der Waals surface area (Å²) in [5, 5.41) is 3.67. The molecule has 0 aromatic heterocycles. The molecular weight excluding hydrogens is 460 g/mol. The highest BCUT2D eigenvalue weighted by Gasteiger charge is 2.33. The number of amides is 2. The molecule has 0 aliphatic heterocycles. The monoisotopic (exact) mass is 488 g/mol. The summed E-state index contributed by atoms with van der Waals surface area (Å²) >= 11 is 0. The van der Waals surface area contributed by atoms with Crippen LogP contribution in [0.4, 0.5) is 0 Å². The highest BCUT2D eigenvalue weighted by Crippen LogP contribution is 2.22. The van der Waals surface area contributed by atoms with E-state index >= 15 is 0 Å². The number of fused-ring (bicyclic) bond motifs is 2. The van der Waals surface area contributed by atoms with Crippen molar-refractivity contribution in [3.63, 3.8) is 0 Å². The Morgan fingerprint density at radius 1 is 0.771 bits per heavy atom. The van der Waals surface area contributed by atoms with Gasteiger partial charge < -0.3 is 4.90 Å². The van der Waals surface area contributed by atoms with E-state index in [1.807, 2.05) is 80.6 Å². The van der Waals surface area contributed by atoms with Gasteiger partial charge in [-0.05, 0) is 59.5 Å². The van der Waals surface area contributed by atoms with Crippen LogP contribution in [-0.4, -0.2) is 38.2 Å². The van der Waals surface area contributed by atoms with Crippen LogP contribution in [0.1, 0.15) is 19.4 Å². The van der Waals surface area contributed by atoms with Gasteiger partial charge in [0.2, 0.25) is 11.8 Å². The second-order valence-corrected chi connectivity index (χ2v) is 10.1. The zero-order valence-corrected chi connectivity index (χ0v) is 20.6. The first-order chi connectivity index (χ1) is 16.8. The molecule has 0 saturated heterocycles. The molecule has 6 nitrogen and oxygen atoms in total. The molecule has 4 aromatic carbocycles. The molecule has 7 heteroatoms. The summed E-state index contributed by atoms with van der Waals surface area (Å²) in [5.41, 5.74) is 0.785. The predicted molar refractivity (Wildman–Crippen MR) is 138 cm³/mol. The molecule has 4 aromatic rings. The van der Waals surface area contributed by atoms with Crippen molar-refractivity contribution in [2.24, 2.45) is 5.92 Å². The molecule has 2 amide bonds. The van der Waals surface area contributed by atoms with E-state index in [0.29, 0.717) is 13.1 Å². The summed E-state index contributed by atoms with van der Waals surface area (Å²) in [7, 11) is -4.17. The van der Waals surface area contributed by atoms with Crippen LogP contribution >= 0.6 is 0 Å². The van der Waals surface area contributed by atoms with Crippen molar-refractivity contribution in [2.45, 2.75) is 25.2 Å². The smallest absolute Gasteiger partial charge is 0.264 e. The Kier molecular flexibility index (Phi) is 7.17. The molecular formula is C28H28N2O4S. The summed E-state index contributed by atoms with van der Waals surface area (Å²) < 4.78 is 28.3. The van der Waals surface area contributed by atoms with Crippen molar-refractivity contribution in [1.29, 1.82) is 0 Å². The Morgan fingerprint density at radius 2 is 1.31 bits per heavy atom. The fourth-order valence-corrected chi connectivity index (χ4v) is 5.30. The van der Waals surface area contributed by atoms with Gasteiger partial charge in [-0.2, -0.15) is 0 Å². The summed E-state index contributed by atoms with van der Waals surface area (Å²) in [6, 6.07) is 25.6. The number of rotatable bonds is 8. The van der Waals surface area contributed by atoms with E-state index in [9.17, 15) is 18.0 Å². The van der Waals surface area contributed by atoms with Gasteiger partial charge in [-0.3, -0.25) is 9.59 Å². The Bertz CT molecular complexity index is 1490. The van der Waals surface area contributed by atoms with Crippen LogP contribution in [-0.2, 0) is 26.0 Å². The first-order valence-electron chi connectivity index (χ1n) is 11.6. The number of benzene rings is 4. The number of nitrogens with one attached hydrogen (secondary N) is 1. The molecule has 0 spiro atoms. The lowest BCUT2D eigenvalue weighted by molar-refractivity contribution is -0.141. The first-order valence-corrected chi connectivity index (χ1v) is 13.1. The Morgan fingerprint density at radius 3 is 1.91 bits per heavy atom. The van der Waals surface area contributed by atoms with Gasteiger partial charge in [-0.25, -0.2) is 13.1 Å². The van der Waals surface area contributed by atoms with Crippen molar-refractivity contribution in [1.82, 2.24) is 9.62 Å². The van der Waals surface area contributed by atoms with E-state index < -0.39 is 27.8 Å². The molecule has 0 aliphatic carbocycles. The molecule has 0 aliphatic rings. The van der Waals surface area contributed by atoms with Gasteiger partial charge in [0.1, 0.15) is 5.92 Å². The zero-order chi connectivity index (χ0) is 25.0. The first kappa shape index (κ1) is 24.4. The van der Waals surface area contributed by atoms with Crippen molar-refractivity contribution < 1.29 is 18.0 Å². The third-order valence-electron chi connectivity index (χ3n) is 6.21. The van der Waals surface area contributed by atoms with Gasteiger partial charge in [0.05, 0.1) is 4.90 Å². The number of hydrogen-bond acceptors (Lipinski definition) is 4. The maximum atomic E-state index is 13.3. The molecule has 0 heterocycles. The van der Waals surface area contributed by atoms with Crippen LogP contribution in [0.3, 0.4) is 0 Å². The second kappa shape index (κ2) is 10.3. The van der Waals surface area contributed by atoms with Gasteiger partial charge in [0.15, 0.2) is 0 Å². The fraction of sp³-hybridized carbons (Fsp3) is 0.214. The van der Waals surface area contributed by atoms with Crippen LogP contribution in [0.25, 0.3) is 21.5 Å². The molecule has 0 fully saturated rings. The molecule has 35 heavy (non-hydrogen) atoms. The molecule has 0 bridgehead atoms. The molecule has 180 valence electrons. The minimum atomic E-state index is -4.17. The molecule has 4 rings (SSSR count). The number of hydrogen-bond donors (Lipinski definition) is 1. The van der Waals surface area contributed by atoms with Gasteiger partial charge in [0.25, 0.3) is 10.0 Å². The molecule has 1 atom stereocenters. The van der Waals surface area contributed by atoms with Gasteiger partial charge in [-0.1, -0.05) is 72.8 Å². The summed E-state index contributed by atoms with van der Waals surface area (Å²) in [5.74, 6) is -2.40. The van der Waals surface area contributed by atoms with Crippen LogP contribution in [0.15, 0.2) is 89.8 Å². The lowest BCUT2D eigenvalue weighted by atomic mass is 9.95. The normalized spacial score (nSPS) is 12.4. The van der Waals surface area contributed by atoms with E-state index in [-0.39, 0.29) is 11.3 Å². The van der Waals surface area contributed by atoms with Gasteiger partial charge >= 0.3 is 0 Å².